The van der Waals surface area contributed by atoms with Crippen LogP contribution in [-0.2, 0) is 13.9 Å². The molecule has 0 spiro atoms. The maximum atomic E-state index is 6.28. The zero-order valence-electron chi connectivity index (χ0n) is 25.3. The van der Waals surface area contributed by atoms with Gasteiger partial charge in [0.2, 0.25) is 0 Å². The summed E-state index contributed by atoms with van der Waals surface area (Å²) in [6, 6.07) is 0. The van der Waals surface area contributed by atoms with Crippen molar-refractivity contribution in [3.8, 4) is 0 Å². The van der Waals surface area contributed by atoms with Crippen LogP contribution in [0.4, 0.5) is 0 Å². The van der Waals surface area contributed by atoms with Crippen LogP contribution in [0.1, 0.15) is 122 Å². The molecular weight excluding hydrogens is 417 g/mol. The maximum absolute atomic E-state index is 6.28. The van der Waals surface area contributed by atoms with Crippen LogP contribution in [0.2, 0.25) is 19.0 Å². The number of hydrogen-bond donors (Lipinski definition) is 0. The predicted octanol–water partition coefficient (Wildman–Crippen LogP) is 8.74. The van der Waals surface area contributed by atoms with Gasteiger partial charge in [-0.15, -0.1) is 0 Å². The highest BCUT2D eigenvalue weighted by Gasteiger charge is 2.31. The van der Waals surface area contributed by atoms with Crippen molar-refractivity contribution in [3.63, 3.8) is 0 Å². The van der Waals surface area contributed by atoms with Gasteiger partial charge >= 0.3 is 7.12 Å². The van der Waals surface area contributed by atoms with Crippen LogP contribution in [-0.4, -0.2) is 35.3 Å². The topological polar surface area (TPSA) is 27.7 Å². The van der Waals surface area contributed by atoms with Gasteiger partial charge in [0.05, 0.1) is 6.61 Å². The average Bonchev–Trinajstić information content (AvgIpc) is 2.70. The second kappa shape index (κ2) is 16.0. The first-order valence-electron chi connectivity index (χ1n) is 14.1. The van der Waals surface area contributed by atoms with E-state index in [2.05, 4.69) is 83.1 Å². The normalized spacial score (nSPS) is 13.4. The zero-order chi connectivity index (χ0) is 26.5. The van der Waals surface area contributed by atoms with Crippen molar-refractivity contribution in [1.82, 2.24) is 0 Å². The van der Waals surface area contributed by atoms with Gasteiger partial charge in [0.15, 0.2) is 0 Å². The van der Waals surface area contributed by atoms with Gasteiger partial charge in [-0.05, 0) is 72.2 Å². The van der Waals surface area contributed by atoms with Gasteiger partial charge in [-0.2, -0.15) is 0 Å². The smallest absolute Gasteiger partial charge is 0.425 e. The van der Waals surface area contributed by atoms with Crippen LogP contribution in [0, 0.1) is 27.6 Å². The molecule has 0 aliphatic carbocycles. The Balaban J connectivity index is 4.87. The molecule has 0 aromatic heterocycles. The fourth-order valence-electron chi connectivity index (χ4n) is 3.63. The van der Waals surface area contributed by atoms with Crippen LogP contribution in [0.5, 0.6) is 0 Å². The number of hydrogen-bond acceptors (Lipinski definition) is 3. The van der Waals surface area contributed by atoms with Gasteiger partial charge in [-0.25, -0.2) is 0 Å². The molecule has 0 heterocycles. The molecule has 0 amide bonds. The van der Waals surface area contributed by atoms with Crippen molar-refractivity contribution < 1.29 is 13.9 Å². The molecule has 0 bridgehead atoms. The SMILES string of the molecule is CCCOCC(C)(C)C[B]OB(CC(C)(C)CCC(C)C)O[B]CC(C)(C)CCC(C)(C)CC. The Morgan fingerprint density at radius 3 is 1.74 bits per heavy atom. The zero-order valence-corrected chi connectivity index (χ0v) is 25.3. The lowest BCUT2D eigenvalue weighted by atomic mass is 9.62. The van der Waals surface area contributed by atoms with E-state index in [0.717, 1.165) is 44.5 Å². The summed E-state index contributed by atoms with van der Waals surface area (Å²) in [6.07, 6.45) is 9.82. The first-order chi connectivity index (χ1) is 15.5. The third-order valence-electron chi connectivity index (χ3n) is 7.16. The Labute approximate surface area is 217 Å². The molecule has 198 valence electrons. The van der Waals surface area contributed by atoms with Crippen LogP contribution < -0.4 is 0 Å². The molecule has 0 aliphatic heterocycles. The lowest BCUT2D eigenvalue weighted by Crippen LogP contribution is -2.34. The van der Waals surface area contributed by atoms with Gasteiger partial charge in [0.1, 0.15) is 0 Å². The van der Waals surface area contributed by atoms with Crippen LogP contribution in [0.25, 0.3) is 0 Å². The molecule has 3 nitrogen and oxygen atoms in total. The summed E-state index contributed by atoms with van der Waals surface area (Å²) in [6.45, 7) is 29.2. The van der Waals surface area contributed by atoms with Gasteiger partial charge in [-0.1, -0.05) is 95.9 Å². The van der Waals surface area contributed by atoms with E-state index in [1.807, 2.05) is 15.0 Å². The number of ether oxygens (including phenoxy) is 1. The minimum Gasteiger partial charge on any atom is -0.479 e. The fraction of sp³-hybridized carbons (Fsp3) is 1.00. The van der Waals surface area contributed by atoms with E-state index in [1.165, 1.54) is 32.1 Å². The van der Waals surface area contributed by atoms with Gasteiger partial charge in [0, 0.05) is 6.61 Å². The van der Waals surface area contributed by atoms with Gasteiger partial charge < -0.3 is 13.9 Å². The second-order valence-corrected chi connectivity index (χ2v) is 14.1. The van der Waals surface area contributed by atoms with Gasteiger partial charge in [0.25, 0.3) is 15.0 Å². The van der Waals surface area contributed by atoms with E-state index in [9.17, 15) is 0 Å². The summed E-state index contributed by atoms with van der Waals surface area (Å²) in [5, 5.41) is 0. The largest absolute Gasteiger partial charge is 0.479 e. The Bertz CT molecular complexity index is 519. The van der Waals surface area contributed by atoms with Crippen molar-refractivity contribution in [3.05, 3.63) is 0 Å². The lowest BCUT2D eigenvalue weighted by Gasteiger charge is -2.32. The molecular formula is C28H59B3O3. The fourth-order valence-corrected chi connectivity index (χ4v) is 3.63. The predicted molar refractivity (Wildman–Crippen MR) is 154 cm³/mol. The third-order valence-corrected chi connectivity index (χ3v) is 7.16. The Morgan fingerprint density at radius 1 is 0.706 bits per heavy atom. The van der Waals surface area contributed by atoms with E-state index >= 15 is 0 Å². The van der Waals surface area contributed by atoms with Crippen molar-refractivity contribution in [1.29, 1.82) is 0 Å². The van der Waals surface area contributed by atoms with E-state index in [4.69, 9.17) is 13.9 Å². The monoisotopic (exact) mass is 476 g/mol. The summed E-state index contributed by atoms with van der Waals surface area (Å²) in [5.74, 6) is 0.717. The molecule has 0 atom stereocenters. The second-order valence-electron chi connectivity index (χ2n) is 14.1. The van der Waals surface area contributed by atoms with E-state index in [0.29, 0.717) is 5.41 Å². The molecule has 0 rings (SSSR count). The number of rotatable bonds is 21. The molecule has 0 saturated heterocycles. The molecule has 6 heteroatoms. The quantitative estimate of drug-likeness (QED) is 0.123. The minimum atomic E-state index is -0.239. The molecule has 2 radical (unpaired) electrons. The Morgan fingerprint density at radius 2 is 1.24 bits per heavy atom. The van der Waals surface area contributed by atoms with Crippen molar-refractivity contribution in [2.75, 3.05) is 13.2 Å². The molecule has 34 heavy (non-hydrogen) atoms. The minimum absolute atomic E-state index is 0.0602. The van der Waals surface area contributed by atoms with E-state index in [-0.39, 0.29) is 23.4 Å². The maximum Gasteiger partial charge on any atom is 0.425 e. The lowest BCUT2D eigenvalue weighted by molar-refractivity contribution is 0.0709. The Kier molecular flexibility index (Phi) is 16.1. The first-order valence-corrected chi connectivity index (χ1v) is 14.1. The average molecular weight is 476 g/mol. The summed E-state index contributed by atoms with van der Waals surface area (Å²) in [5.41, 5.74) is 0.876. The molecule has 0 saturated carbocycles. The summed E-state index contributed by atoms with van der Waals surface area (Å²) in [4.78, 5) is 0. The van der Waals surface area contributed by atoms with Crippen LogP contribution in [0.15, 0.2) is 0 Å². The van der Waals surface area contributed by atoms with Crippen molar-refractivity contribution in [2.45, 2.75) is 141 Å². The Hall–Kier alpha value is 0.0748. The molecule has 0 aromatic rings. The van der Waals surface area contributed by atoms with Crippen molar-refractivity contribution >= 4 is 22.1 Å². The highest BCUT2D eigenvalue weighted by Crippen LogP contribution is 2.36. The standard InChI is InChI=1S/C28H59B3O3/c1-13-19-32-23-28(11,12)21-30-34-31(22-27(9,10)16-15-24(3)4)33-29-20-26(7,8)18-17-25(5,6)14-2/h24H,13-23H2,1-12H3. The highest BCUT2D eigenvalue weighted by molar-refractivity contribution is 6.58. The molecule has 0 N–H and O–H groups in total. The van der Waals surface area contributed by atoms with Crippen LogP contribution in [0.3, 0.4) is 0 Å². The van der Waals surface area contributed by atoms with Crippen molar-refractivity contribution in [2.24, 2.45) is 27.6 Å². The van der Waals surface area contributed by atoms with E-state index < -0.39 is 0 Å². The summed E-state index contributed by atoms with van der Waals surface area (Å²) >= 11 is 0. The molecule has 0 unspecified atom stereocenters. The van der Waals surface area contributed by atoms with Gasteiger partial charge in [-0.3, -0.25) is 0 Å². The molecule has 0 aromatic carbocycles. The molecule has 0 aliphatic rings. The first kappa shape index (κ1) is 34.1. The highest BCUT2D eigenvalue weighted by atomic mass is 16.5. The summed E-state index contributed by atoms with van der Waals surface area (Å²) < 4.78 is 18.3. The molecule has 0 fully saturated rings. The third kappa shape index (κ3) is 18.4. The van der Waals surface area contributed by atoms with E-state index in [1.54, 1.807) is 0 Å². The summed E-state index contributed by atoms with van der Waals surface area (Å²) in [7, 11) is 3.74. The van der Waals surface area contributed by atoms with Crippen LogP contribution >= 0.6 is 0 Å².